The quantitative estimate of drug-likeness (QED) is 0.618. The molecule has 1 aliphatic heterocycles. The molecule has 1 N–H and O–H groups in total. The topological polar surface area (TPSA) is 75.7 Å². The Hall–Kier alpha value is -3.32. The van der Waals surface area contributed by atoms with E-state index in [9.17, 15) is 13.2 Å². The van der Waals surface area contributed by atoms with Crippen LogP contribution in [0.5, 0.6) is 5.75 Å². The molecule has 160 valence electrons. The molecule has 31 heavy (non-hydrogen) atoms. The van der Waals surface area contributed by atoms with Gasteiger partial charge in [-0.3, -0.25) is 9.10 Å². The summed E-state index contributed by atoms with van der Waals surface area (Å²) in [7, 11) is -3.83. The van der Waals surface area contributed by atoms with Gasteiger partial charge in [-0.25, -0.2) is 8.42 Å². The first-order chi connectivity index (χ1) is 14.9. The number of para-hydroxylation sites is 1. The lowest BCUT2D eigenvalue weighted by Gasteiger charge is -2.25. The van der Waals surface area contributed by atoms with Gasteiger partial charge in [-0.1, -0.05) is 36.4 Å². The van der Waals surface area contributed by atoms with Crippen LogP contribution in [0.25, 0.3) is 0 Å². The summed E-state index contributed by atoms with van der Waals surface area (Å²) in [5.41, 5.74) is 2.48. The van der Waals surface area contributed by atoms with Gasteiger partial charge in [0.15, 0.2) is 0 Å². The monoisotopic (exact) mass is 436 g/mol. The summed E-state index contributed by atoms with van der Waals surface area (Å²) < 4.78 is 34.2. The maximum absolute atomic E-state index is 13.6. The highest BCUT2D eigenvalue weighted by Crippen LogP contribution is 2.38. The first kappa shape index (κ1) is 20.9. The van der Waals surface area contributed by atoms with Crippen LogP contribution in [-0.4, -0.2) is 27.0 Å². The Labute approximate surface area is 182 Å². The minimum Gasteiger partial charge on any atom is -0.492 e. The first-order valence-electron chi connectivity index (χ1n) is 10.2. The van der Waals surface area contributed by atoms with Crippen LogP contribution < -0.4 is 14.4 Å². The Balaban J connectivity index is 1.72. The third kappa shape index (κ3) is 4.01. The minimum absolute atomic E-state index is 0.0999. The number of carbonyl (C=O) groups is 1. The van der Waals surface area contributed by atoms with E-state index in [2.05, 4.69) is 5.32 Å². The highest BCUT2D eigenvalue weighted by molar-refractivity contribution is 7.92. The average Bonchev–Trinajstić information content (AvgIpc) is 3.12. The molecule has 0 saturated carbocycles. The predicted octanol–water partition coefficient (Wildman–Crippen LogP) is 4.48. The second-order valence-corrected chi connectivity index (χ2v) is 9.21. The lowest BCUT2D eigenvalue weighted by molar-refractivity contribution is 0.102. The largest absolute Gasteiger partial charge is 0.492 e. The molecule has 0 unspecified atom stereocenters. The van der Waals surface area contributed by atoms with Gasteiger partial charge in [0, 0.05) is 11.6 Å². The fourth-order valence-corrected chi connectivity index (χ4v) is 5.57. The van der Waals surface area contributed by atoms with Crippen LogP contribution in [0.3, 0.4) is 0 Å². The smallest absolute Gasteiger partial charge is 0.264 e. The molecule has 0 bridgehead atoms. The second-order valence-electron chi connectivity index (χ2n) is 7.39. The van der Waals surface area contributed by atoms with E-state index in [-0.39, 0.29) is 16.8 Å². The minimum atomic E-state index is -3.83. The number of hydrogen-bond donors (Lipinski definition) is 1. The zero-order chi connectivity index (χ0) is 22.0. The maximum atomic E-state index is 13.6. The van der Waals surface area contributed by atoms with Crippen molar-refractivity contribution in [1.29, 1.82) is 0 Å². The molecule has 1 atom stereocenters. The molecule has 4 rings (SSSR count). The molecule has 1 aliphatic rings. The Morgan fingerprint density at radius 1 is 1.06 bits per heavy atom. The number of anilines is 2. The van der Waals surface area contributed by atoms with Gasteiger partial charge < -0.3 is 10.1 Å². The Morgan fingerprint density at radius 3 is 2.52 bits per heavy atom. The van der Waals surface area contributed by atoms with Crippen LogP contribution in [0.15, 0.2) is 77.7 Å². The fraction of sp³-hybridized carbons (Fsp3) is 0.208. The molecule has 0 aromatic heterocycles. The van der Waals surface area contributed by atoms with Crippen molar-refractivity contribution in [3.05, 3.63) is 83.9 Å². The zero-order valence-corrected chi connectivity index (χ0v) is 18.2. The number of carbonyl (C=O) groups excluding carboxylic acids is 1. The summed E-state index contributed by atoms with van der Waals surface area (Å²) in [6.07, 6.45) is 0.657. The summed E-state index contributed by atoms with van der Waals surface area (Å²) in [5, 5.41) is 2.80. The first-order valence-corrected chi connectivity index (χ1v) is 11.6. The van der Waals surface area contributed by atoms with Crippen LogP contribution >= 0.6 is 0 Å². The van der Waals surface area contributed by atoms with Gasteiger partial charge in [0.1, 0.15) is 5.75 Å². The molecule has 1 heterocycles. The number of fused-ring (bicyclic) bond motifs is 1. The summed E-state index contributed by atoms with van der Waals surface area (Å²) >= 11 is 0. The van der Waals surface area contributed by atoms with Crippen molar-refractivity contribution in [2.75, 3.05) is 16.2 Å². The molecule has 0 radical (unpaired) electrons. The van der Waals surface area contributed by atoms with Crippen molar-refractivity contribution in [3.63, 3.8) is 0 Å². The lowest BCUT2D eigenvalue weighted by atomic mass is 10.1. The van der Waals surface area contributed by atoms with Crippen molar-refractivity contribution in [2.45, 2.75) is 31.2 Å². The number of nitrogens with zero attached hydrogens (tertiary/aromatic N) is 1. The van der Waals surface area contributed by atoms with E-state index in [0.717, 1.165) is 5.56 Å². The third-order valence-electron chi connectivity index (χ3n) is 5.24. The fourth-order valence-electron chi connectivity index (χ4n) is 3.85. The van der Waals surface area contributed by atoms with Crippen molar-refractivity contribution in [3.8, 4) is 5.75 Å². The molecule has 3 aromatic carbocycles. The highest BCUT2D eigenvalue weighted by Gasteiger charge is 2.36. The van der Waals surface area contributed by atoms with Gasteiger partial charge in [-0.05, 0) is 62.2 Å². The molecule has 7 heteroatoms. The maximum Gasteiger partial charge on any atom is 0.264 e. The van der Waals surface area contributed by atoms with Crippen molar-refractivity contribution in [2.24, 2.45) is 0 Å². The van der Waals surface area contributed by atoms with E-state index in [4.69, 9.17) is 4.74 Å². The number of nitrogens with one attached hydrogen (secondary N) is 1. The lowest BCUT2D eigenvalue weighted by Crippen LogP contribution is -2.35. The molecular formula is C24H24N2O4S. The average molecular weight is 437 g/mol. The molecule has 3 aromatic rings. The van der Waals surface area contributed by atoms with E-state index in [0.29, 0.717) is 35.7 Å². The van der Waals surface area contributed by atoms with Gasteiger partial charge in [0.2, 0.25) is 0 Å². The van der Waals surface area contributed by atoms with Gasteiger partial charge in [-0.2, -0.15) is 0 Å². The second kappa shape index (κ2) is 8.43. The number of rotatable bonds is 6. The van der Waals surface area contributed by atoms with Crippen LogP contribution in [0.2, 0.25) is 0 Å². The molecule has 0 saturated heterocycles. The number of sulfonamides is 1. The van der Waals surface area contributed by atoms with Gasteiger partial charge in [0.05, 0.1) is 22.9 Å². The number of benzene rings is 3. The van der Waals surface area contributed by atoms with Crippen LogP contribution in [0.1, 0.15) is 29.8 Å². The van der Waals surface area contributed by atoms with E-state index in [1.54, 1.807) is 30.3 Å². The molecule has 0 aliphatic carbocycles. The van der Waals surface area contributed by atoms with Crippen LogP contribution in [-0.2, 0) is 16.4 Å². The molecule has 1 amide bonds. The summed E-state index contributed by atoms with van der Waals surface area (Å²) in [5.74, 6) is 0.0802. The van der Waals surface area contributed by atoms with Crippen LogP contribution in [0.4, 0.5) is 11.4 Å². The number of ether oxygens (including phenoxy) is 1. The van der Waals surface area contributed by atoms with E-state index >= 15 is 0 Å². The van der Waals surface area contributed by atoms with Gasteiger partial charge in [0.25, 0.3) is 15.9 Å². The molecule has 6 nitrogen and oxygen atoms in total. The summed E-state index contributed by atoms with van der Waals surface area (Å²) in [4.78, 5) is 12.8. The summed E-state index contributed by atoms with van der Waals surface area (Å²) in [6.45, 7) is 4.11. The normalized spacial score (nSPS) is 15.4. The van der Waals surface area contributed by atoms with Crippen molar-refractivity contribution in [1.82, 2.24) is 0 Å². The molecule has 0 spiro atoms. The standard InChI is InChI=1S/C24H24N2O4S/c1-3-30-23-14-13-20(16-21(23)25-24(27)18-9-5-4-6-10-18)31(28,29)26-17(2)15-19-11-7-8-12-22(19)26/h4-14,16-17H,3,15H2,1-2H3,(H,25,27)/t17-/m0/s1. The Kier molecular flexibility index (Phi) is 5.69. The van der Waals surface area contributed by atoms with Crippen LogP contribution in [0, 0.1) is 0 Å². The van der Waals surface area contributed by atoms with Gasteiger partial charge >= 0.3 is 0 Å². The van der Waals surface area contributed by atoms with Crippen molar-refractivity contribution < 1.29 is 17.9 Å². The zero-order valence-electron chi connectivity index (χ0n) is 17.4. The molecule has 0 fully saturated rings. The molecular weight excluding hydrogens is 412 g/mol. The van der Waals surface area contributed by atoms with E-state index in [1.807, 2.05) is 44.2 Å². The highest BCUT2D eigenvalue weighted by atomic mass is 32.2. The summed E-state index contributed by atoms with van der Waals surface area (Å²) in [6, 6.07) is 20.6. The third-order valence-corrected chi connectivity index (χ3v) is 7.16. The van der Waals surface area contributed by atoms with Crippen molar-refractivity contribution >= 4 is 27.3 Å². The van der Waals surface area contributed by atoms with E-state index in [1.165, 1.54) is 16.4 Å². The Bertz CT molecular complexity index is 1210. The van der Waals surface area contributed by atoms with Gasteiger partial charge in [-0.15, -0.1) is 0 Å². The SMILES string of the molecule is CCOc1ccc(S(=O)(=O)N2c3ccccc3C[C@@H]2C)cc1NC(=O)c1ccccc1. The predicted molar refractivity (Wildman–Crippen MR) is 121 cm³/mol. The number of amides is 1. The Morgan fingerprint density at radius 2 is 1.77 bits per heavy atom. The number of hydrogen-bond acceptors (Lipinski definition) is 4. The van der Waals surface area contributed by atoms with E-state index < -0.39 is 10.0 Å².